The van der Waals surface area contributed by atoms with Crippen LogP contribution in [0, 0.1) is 0 Å². The predicted octanol–water partition coefficient (Wildman–Crippen LogP) is 4.77. The van der Waals surface area contributed by atoms with E-state index >= 15 is 0 Å². The summed E-state index contributed by atoms with van der Waals surface area (Å²) in [7, 11) is 0. The quantitative estimate of drug-likeness (QED) is 0.105. The molecule has 3 aromatic carbocycles. The molecule has 56 heavy (non-hydrogen) atoms. The van der Waals surface area contributed by atoms with Gasteiger partial charge >= 0.3 is 24.4 Å². The van der Waals surface area contributed by atoms with Gasteiger partial charge in [-0.1, -0.05) is 91.0 Å². The summed E-state index contributed by atoms with van der Waals surface area (Å²) in [5.74, 6) is -1.61. The molecule has 6 amide bonds. The van der Waals surface area contributed by atoms with Gasteiger partial charge in [-0.3, -0.25) is 9.59 Å². The predicted molar refractivity (Wildman–Crippen MR) is 206 cm³/mol. The molecular weight excluding hydrogens is 724 g/mol. The first kappa shape index (κ1) is 44.2. The molecule has 0 aliphatic heterocycles. The van der Waals surface area contributed by atoms with Crippen molar-refractivity contribution in [3.8, 4) is 0 Å². The topological polar surface area (TPSA) is 219 Å². The van der Waals surface area contributed by atoms with E-state index < -0.39 is 53.9 Å². The largest absolute Gasteiger partial charge is 0.465 e. The molecule has 16 nitrogen and oxygen atoms in total. The summed E-state index contributed by atoms with van der Waals surface area (Å²) in [6, 6.07) is 23.8. The molecule has 3 aromatic rings. The lowest BCUT2D eigenvalue weighted by Crippen LogP contribution is -2.57. The van der Waals surface area contributed by atoms with E-state index in [-0.39, 0.29) is 65.2 Å². The molecule has 0 saturated carbocycles. The standard InChI is InChI=1S/C40H52N6O10/c1-40(2,3)56-39(53)46(38(52)55-28-31-18-11-6-12-19-31)33(20-13-22-41)35(48)44-32(21-23-43-36(49)54-27-30-16-9-5-10-17-30)34(47)42-24-25-45(37(50)51)26-29-14-7-4-8-15-29/h4-12,14-19,32-33H,13,20-28,41H2,1-3H3,(H,42,47)(H,43,49)(H,44,48)(H,50,51)/t32-,33-/m0/s1. The first-order chi connectivity index (χ1) is 26.8. The first-order valence-electron chi connectivity index (χ1n) is 18.2. The van der Waals surface area contributed by atoms with E-state index in [1.807, 2.05) is 12.1 Å². The fraction of sp³-hybridized carbons (Fsp3) is 0.400. The van der Waals surface area contributed by atoms with Crippen LogP contribution in [0.2, 0.25) is 0 Å². The number of alkyl carbamates (subject to hydrolysis) is 1. The molecule has 0 aromatic heterocycles. The Morgan fingerprint density at radius 2 is 1.27 bits per heavy atom. The molecule has 0 fully saturated rings. The summed E-state index contributed by atoms with van der Waals surface area (Å²) in [4.78, 5) is 81.0. The fourth-order valence-corrected chi connectivity index (χ4v) is 5.23. The van der Waals surface area contributed by atoms with Gasteiger partial charge < -0.3 is 45.9 Å². The van der Waals surface area contributed by atoms with E-state index in [1.165, 1.54) is 0 Å². The van der Waals surface area contributed by atoms with E-state index in [0.29, 0.717) is 10.5 Å². The number of benzene rings is 3. The fourth-order valence-electron chi connectivity index (χ4n) is 5.23. The molecule has 0 unspecified atom stereocenters. The molecule has 302 valence electrons. The van der Waals surface area contributed by atoms with Gasteiger partial charge in [0, 0.05) is 26.2 Å². The summed E-state index contributed by atoms with van der Waals surface area (Å²) in [5.41, 5.74) is 6.85. The SMILES string of the molecule is CC(C)(C)OC(=O)N(C(=O)OCc1ccccc1)[C@@H](CCCN)C(=O)N[C@@H](CCNC(=O)OCc1ccccc1)C(=O)NCCN(Cc1ccccc1)C(=O)O. The number of rotatable bonds is 19. The number of nitrogens with zero attached hydrogens (tertiary/aromatic N) is 2. The molecule has 0 aliphatic rings. The van der Waals surface area contributed by atoms with Gasteiger partial charge in [0.1, 0.15) is 30.9 Å². The second-order valence-corrected chi connectivity index (χ2v) is 13.7. The van der Waals surface area contributed by atoms with Crippen LogP contribution in [0.1, 0.15) is 56.7 Å². The number of ether oxygens (including phenoxy) is 3. The molecule has 0 spiro atoms. The second kappa shape index (κ2) is 22.9. The van der Waals surface area contributed by atoms with Crippen LogP contribution in [-0.4, -0.2) is 95.0 Å². The lowest BCUT2D eigenvalue weighted by Gasteiger charge is -2.31. The molecular formula is C40H52N6O10. The molecule has 3 rings (SSSR count). The van der Waals surface area contributed by atoms with Crippen molar-refractivity contribution in [1.82, 2.24) is 25.8 Å². The zero-order chi connectivity index (χ0) is 40.9. The zero-order valence-electron chi connectivity index (χ0n) is 32.0. The van der Waals surface area contributed by atoms with Gasteiger partial charge in [0.05, 0.1) is 0 Å². The molecule has 0 saturated heterocycles. The van der Waals surface area contributed by atoms with E-state index in [1.54, 1.807) is 99.6 Å². The monoisotopic (exact) mass is 776 g/mol. The minimum atomic E-state index is -1.52. The van der Waals surface area contributed by atoms with Gasteiger partial charge in [-0.25, -0.2) is 19.2 Å². The van der Waals surface area contributed by atoms with Crippen LogP contribution in [0.3, 0.4) is 0 Å². The molecule has 0 heterocycles. The van der Waals surface area contributed by atoms with Crippen LogP contribution < -0.4 is 21.7 Å². The Balaban J connectivity index is 1.80. The Bertz CT molecular complexity index is 1710. The number of amides is 6. The second-order valence-electron chi connectivity index (χ2n) is 13.7. The highest BCUT2D eigenvalue weighted by Gasteiger charge is 2.40. The van der Waals surface area contributed by atoms with Crippen molar-refractivity contribution in [3.05, 3.63) is 108 Å². The zero-order valence-corrected chi connectivity index (χ0v) is 32.0. The minimum Gasteiger partial charge on any atom is -0.465 e. The van der Waals surface area contributed by atoms with Crippen molar-refractivity contribution >= 4 is 36.2 Å². The molecule has 2 atom stereocenters. The number of imide groups is 1. The number of nitrogens with one attached hydrogen (secondary N) is 3. The van der Waals surface area contributed by atoms with E-state index in [4.69, 9.17) is 19.9 Å². The Labute approximate surface area is 326 Å². The van der Waals surface area contributed by atoms with Crippen LogP contribution in [0.25, 0.3) is 0 Å². The molecule has 16 heteroatoms. The van der Waals surface area contributed by atoms with Gasteiger partial charge in [-0.05, 0) is 63.3 Å². The minimum absolute atomic E-state index is 0.0000770. The lowest BCUT2D eigenvalue weighted by atomic mass is 10.1. The van der Waals surface area contributed by atoms with Crippen molar-refractivity contribution in [2.24, 2.45) is 5.73 Å². The van der Waals surface area contributed by atoms with Crippen molar-refractivity contribution in [3.63, 3.8) is 0 Å². The van der Waals surface area contributed by atoms with E-state index in [0.717, 1.165) is 16.0 Å². The average molecular weight is 777 g/mol. The maximum atomic E-state index is 14.1. The van der Waals surface area contributed by atoms with Crippen LogP contribution in [-0.2, 0) is 43.6 Å². The highest BCUT2D eigenvalue weighted by atomic mass is 16.6. The lowest BCUT2D eigenvalue weighted by molar-refractivity contribution is -0.132. The summed E-state index contributed by atoms with van der Waals surface area (Å²) < 4.78 is 16.2. The van der Waals surface area contributed by atoms with Crippen LogP contribution in [0.4, 0.5) is 19.2 Å². The number of carbonyl (C=O) groups is 6. The number of nitrogens with two attached hydrogens (primary N) is 1. The third-order valence-corrected chi connectivity index (χ3v) is 8.00. The van der Waals surface area contributed by atoms with Gasteiger partial charge in [0.25, 0.3) is 0 Å². The van der Waals surface area contributed by atoms with Crippen molar-refractivity contribution in [2.75, 3.05) is 26.2 Å². The smallest absolute Gasteiger partial charge is 0.420 e. The van der Waals surface area contributed by atoms with Gasteiger partial charge in [0.15, 0.2) is 0 Å². The van der Waals surface area contributed by atoms with Crippen LogP contribution in [0.5, 0.6) is 0 Å². The molecule has 0 bridgehead atoms. The van der Waals surface area contributed by atoms with E-state index in [2.05, 4.69) is 16.0 Å². The summed E-state index contributed by atoms with van der Waals surface area (Å²) in [6.45, 7) is 4.41. The Hall–Kier alpha value is -6.16. The Kier molecular flexibility index (Phi) is 18.1. The number of carboxylic acid groups (broad SMARTS) is 1. The number of hydrogen-bond donors (Lipinski definition) is 5. The average Bonchev–Trinajstić information content (AvgIpc) is 3.17. The molecule has 6 N–H and O–H groups in total. The highest BCUT2D eigenvalue weighted by molar-refractivity contribution is 5.97. The maximum absolute atomic E-state index is 14.1. The van der Waals surface area contributed by atoms with Gasteiger partial charge in [-0.15, -0.1) is 0 Å². The highest BCUT2D eigenvalue weighted by Crippen LogP contribution is 2.18. The first-order valence-corrected chi connectivity index (χ1v) is 18.2. The van der Waals surface area contributed by atoms with Gasteiger partial charge in [0.2, 0.25) is 11.8 Å². The summed E-state index contributed by atoms with van der Waals surface area (Å²) in [5, 5.41) is 17.6. The Morgan fingerprint density at radius 1 is 0.714 bits per heavy atom. The summed E-state index contributed by atoms with van der Waals surface area (Å²) >= 11 is 0. The maximum Gasteiger partial charge on any atom is 0.420 e. The number of hydrogen-bond acceptors (Lipinski definition) is 10. The normalized spacial score (nSPS) is 11.9. The summed E-state index contributed by atoms with van der Waals surface area (Å²) in [6.07, 6.45) is -4.33. The number of carbonyl (C=O) groups excluding carboxylic acids is 5. The van der Waals surface area contributed by atoms with Gasteiger partial charge in [-0.2, -0.15) is 4.90 Å². The Morgan fingerprint density at radius 3 is 1.80 bits per heavy atom. The molecule has 0 aliphatic carbocycles. The van der Waals surface area contributed by atoms with E-state index in [9.17, 15) is 33.9 Å². The van der Waals surface area contributed by atoms with Crippen LogP contribution in [0.15, 0.2) is 91.0 Å². The third kappa shape index (κ3) is 16.1. The van der Waals surface area contributed by atoms with Crippen LogP contribution >= 0.6 is 0 Å². The van der Waals surface area contributed by atoms with Crippen molar-refractivity contribution in [1.29, 1.82) is 0 Å². The third-order valence-electron chi connectivity index (χ3n) is 8.00. The molecule has 0 radical (unpaired) electrons. The van der Waals surface area contributed by atoms with Crippen molar-refractivity contribution in [2.45, 2.75) is 77.5 Å². The van der Waals surface area contributed by atoms with Crippen molar-refractivity contribution < 1.29 is 48.1 Å².